The molecule has 78 valence electrons. The average molecular weight is 211 g/mol. The number of hydrogen-bond donors (Lipinski definition) is 2. The van der Waals surface area contributed by atoms with Gasteiger partial charge in [-0.3, -0.25) is 0 Å². The fourth-order valence-electron chi connectivity index (χ4n) is 1.71. The fourth-order valence-corrected chi connectivity index (χ4v) is 1.71. The van der Waals surface area contributed by atoms with Gasteiger partial charge < -0.3 is 10.8 Å². The molecule has 4 nitrogen and oxygen atoms in total. The Kier molecular flexibility index (Phi) is 1.71. The SMILES string of the molecule is Nc1cccc2nc3ccc(O)cc3nc12. The Balaban J connectivity index is 2.49. The van der Waals surface area contributed by atoms with E-state index in [1.165, 1.54) is 0 Å². The minimum Gasteiger partial charge on any atom is -0.508 e. The van der Waals surface area contributed by atoms with E-state index in [2.05, 4.69) is 9.97 Å². The van der Waals surface area contributed by atoms with Gasteiger partial charge >= 0.3 is 0 Å². The van der Waals surface area contributed by atoms with Gasteiger partial charge in [0.1, 0.15) is 11.3 Å². The van der Waals surface area contributed by atoms with Crippen LogP contribution in [0.15, 0.2) is 36.4 Å². The van der Waals surface area contributed by atoms with Crippen LogP contribution in [0.5, 0.6) is 5.75 Å². The van der Waals surface area contributed by atoms with Crippen molar-refractivity contribution in [2.45, 2.75) is 0 Å². The molecule has 0 aliphatic heterocycles. The van der Waals surface area contributed by atoms with E-state index in [0.717, 1.165) is 11.0 Å². The van der Waals surface area contributed by atoms with Gasteiger partial charge in [-0.15, -0.1) is 0 Å². The summed E-state index contributed by atoms with van der Waals surface area (Å²) < 4.78 is 0. The third kappa shape index (κ3) is 1.24. The number of phenols is 1. The smallest absolute Gasteiger partial charge is 0.117 e. The third-order valence-electron chi connectivity index (χ3n) is 2.48. The summed E-state index contributed by atoms with van der Waals surface area (Å²) in [5.74, 6) is 0.177. The lowest BCUT2D eigenvalue weighted by Crippen LogP contribution is -1.92. The van der Waals surface area contributed by atoms with E-state index >= 15 is 0 Å². The van der Waals surface area contributed by atoms with Crippen molar-refractivity contribution in [1.82, 2.24) is 9.97 Å². The summed E-state index contributed by atoms with van der Waals surface area (Å²) in [4.78, 5) is 8.82. The molecular weight excluding hydrogens is 202 g/mol. The standard InChI is InChI=1S/C12H9N3O/c13-8-2-1-3-10-12(8)15-11-6-7(16)4-5-9(11)14-10/h1-6,16H,13H2. The van der Waals surface area contributed by atoms with E-state index in [0.29, 0.717) is 16.7 Å². The lowest BCUT2D eigenvalue weighted by molar-refractivity contribution is 0.476. The Hall–Kier alpha value is -2.36. The number of aromatic nitrogens is 2. The molecule has 0 bridgehead atoms. The summed E-state index contributed by atoms with van der Waals surface area (Å²) in [6.45, 7) is 0. The summed E-state index contributed by atoms with van der Waals surface area (Å²) in [6, 6.07) is 10.4. The molecule has 1 aromatic heterocycles. The summed E-state index contributed by atoms with van der Waals surface area (Å²) in [5.41, 5.74) is 9.23. The second kappa shape index (κ2) is 3.06. The maximum Gasteiger partial charge on any atom is 0.117 e. The second-order valence-corrected chi connectivity index (χ2v) is 3.61. The van der Waals surface area contributed by atoms with Crippen LogP contribution in [0.2, 0.25) is 0 Å². The van der Waals surface area contributed by atoms with E-state index < -0.39 is 0 Å². The number of phenolic OH excluding ortho intramolecular Hbond substituents is 1. The van der Waals surface area contributed by atoms with Crippen LogP contribution >= 0.6 is 0 Å². The fraction of sp³-hybridized carbons (Fsp3) is 0. The molecule has 0 unspecified atom stereocenters. The number of aromatic hydroxyl groups is 1. The molecule has 0 saturated heterocycles. The number of rotatable bonds is 0. The molecule has 0 aliphatic rings. The summed E-state index contributed by atoms with van der Waals surface area (Å²) in [5, 5.41) is 9.37. The van der Waals surface area contributed by atoms with Crippen molar-refractivity contribution in [3.63, 3.8) is 0 Å². The van der Waals surface area contributed by atoms with E-state index in [1.807, 2.05) is 12.1 Å². The Morgan fingerprint density at radius 1 is 0.938 bits per heavy atom. The first-order chi connectivity index (χ1) is 7.74. The molecular formula is C12H9N3O. The molecule has 0 radical (unpaired) electrons. The zero-order chi connectivity index (χ0) is 11.1. The van der Waals surface area contributed by atoms with Crippen molar-refractivity contribution < 1.29 is 5.11 Å². The molecule has 3 N–H and O–H groups in total. The van der Waals surface area contributed by atoms with Gasteiger partial charge in [0.25, 0.3) is 0 Å². The molecule has 0 amide bonds. The number of nitrogens with two attached hydrogens (primary N) is 1. The highest BCUT2D eigenvalue weighted by Crippen LogP contribution is 2.22. The average Bonchev–Trinajstić information content (AvgIpc) is 2.28. The van der Waals surface area contributed by atoms with Crippen LogP contribution in [0, 0.1) is 0 Å². The number of fused-ring (bicyclic) bond motifs is 2. The van der Waals surface area contributed by atoms with Crippen molar-refractivity contribution in [1.29, 1.82) is 0 Å². The van der Waals surface area contributed by atoms with Gasteiger partial charge in [0.15, 0.2) is 0 Å². The summed E-state index contributed by atoms with van der Waals surface area (Å²) in [7, 11) is 0. The number of nitrogens with zero attached hydrogens (tertiary/aromatic N) is 2. The molecule has 3 aromatic rings. The largest absolute Gasteiger partial charge is 0.508 e. The molecule has 1 heterocycles. The number of benzene rings is 2. The highest BCUT2D eigenvalue weighted by atomic mass is 16.3. The maximum atomic E-state index is 9.37. The second-order valence-electron chi connectivity index (χ2n) is 3.61. The monoisotopic (exact) mass is 211 g/mol. The molecule has 0 aliphatic carbocycles. The molecule has 0 spiro atoms. The van der Waals surface area contributed by atoms with Crippen LogP contribution in [0.1, 0.15) is 0 Å². The van der Waals surface area contributed by atoms with Crippen molar-refractivity contribution in [3.05, 3.63) is 36.4 Å². The molecule has 3 rings (SSSR count). The van der Waals surface area contributed by atoms with Crippen molar-refractivity contribution in [2.75, 3.05) is 5.73 Å². The zero-order valence-electron chi connectivity index (χ0n) is 8.38. The normalized spacial score (nSPS) is 11.0. The Bertz CT molecular complexity index is 694. The lowest BCUT2D eigenvalue weighted by atomic mass is 10.2. The molecule has 2 aromatic carbocycles. The van der Waals surface area contributed by atoms with Crippen LogP contribution in [-0.4, -0.2) is 15.1 Å². The van der Waals surface area contributed by atoms with E-state index in [4.69, 9.17) is 5.73 Å². The van der Waals surface area contributed by atoms with Crippen LogP contribution in [0.3, 0.4) is 0 Å². The Morgan fingerprint density at radius 2 is 1.81 bits per heavy atom. The number of anilines is 1. The molecule has 0 saturated carbocycles. The van der Waals surface area contributed by atoms with Gasteiger partial charge in [-0.05, 0) is 24.3 Å². The van der Waals surface area contributed by atoms with Crippen LogP contribution in [0.25, 0.3) is 22.1 Å². The van der Waals surface area contributed by atoms with Gasteiger partial charge in [0.2, 0.25) is 0 Å². The number of nitrogen functional groups attached to an aromatic ring is 1. The first kappa shape index (κ1) is 8.91. The molecule has 16 heavy (non-hydrogen) atoms. The zero-order valence-corrected chi connectivity index (χ0v) is 8.38. The molecule has 0 fully saturated rings. The highest BCUT2D eigenvalue weighted by Gasteiger charge is 2.04. The third-order valence-corrected chi connectivity index (χ3v) is 2.48. The van der Waals surface area contributed by atoms with Crippen LogP contribution in [0.4, 0.5) is 5.69 Å². The first-order valence-electron chi connectivity index (χ1n) is 4.89. The van der Waals surface area contributed by atoms with E-state index in [1.54, 1.807) is 24.3 Å². The number of para-hydroxylation sites is 1. The van der Waals surface area contributed by atoms with Crippen molar-refractivity contribution in [2.24, 2.45) is 0 Å². The first-order valence-corrected chi connectivity index (χ1v) is 4.89. The van der Waals surface area contributed by atoms with E-state index in [9.17, 15) is 5.11 Å². The van der Waals surface area contributed by atoms with Gasteiger partial charge in [0, 0.05) is 6.07 Å². The van der Waals surface area contributed by atoms with Crippen molar-refractivity contribution >= 4 is 27.8 Å². The highest BCUT2D eigenvalue weighted by molar-refractivity contribution is 5.92. The Morgan fingerprint density at radius 3 is 2.69 bits per heavy atom. The summed E-state index contributed by atoms with van der Waals surface area (Å²) >= 11 is 0. The van der Waals surface area contributed by atoms with Crippen molar-refractivity contribution in [3.8, 4) is 5.75 Å². The van der Waals surface area contributed by atoms with E-state index in [-0.39, 0.29) is 5.75 Å². The van der Waals surface area contributed by atoms with Crippen LogP contribution < -0.4 is 5.73 Å². The minimum absolute atomic E-state index is 0.177. The quantitative estimate of drug-likeness (QED) is 0.441. The summed E-state index contributed by atoms with van der Waals surface area (Å²) in [6.07, 6.45) is 0. The lowest BCUT2D eigenvalue weighted by Gasteiger charge is -2.03. The van der Waals surface area contributed by atoms with Gasteiger partial charge in [-0.1, -0.05) is 6.07 Å². The Labute approximate surface area is 91.4 Å². The van der Waals surface area contributed by atoms with Crippen LogP contribution in [-0.2, 0) is 0 Å². The number of hydrogen-bond acceptors (Lipinski definition) is 4. The van der Waals surface area contributed by atoms with Gasteiger partial charge in [-0.2, -0.15) is 0 Å². The predicted octanol–water partition coefficient (Wildman–Crippen LogP) is 2.07. The molecule has 4 heteroatoms. The molecule has 0 atom stereocenters. The van der Waals surface area contributed by atoms with Gasteiger partial charge in [-0.25, -0.2) is 9.97 Å². The minimum atomic E-state index is 0.177. The maximum absolute atomic E-state index is 9.37. The predicted molar refractivity (Wildman–Crippen MR) is 63.1 cm³/mol. The topological polar surface area (TPSA) is 72.0 Å². The van der Waals surface area contributed by atoms with Gasteiger partial charge in [0.05, 0.1) is 22.2 Å².